The lowest BCUT2D eigenvalue weighted by atomic mass is 10.4. The standard InChI is InChI=1S/C11H19N3OS/c1-2-12-8-10-9-16-11(13-10)14-4-3-6-15-7-5-14/h9,12H,2-8H2,1H3. The van der Waals surface area contributed by atoms with E-state index < -0.39 is 0 Å². The highest BCUT2D eigenvalue weighted by atomic mass is 32.1. The maximum Gasteiger partial charge on any atom is 0.185 e. The summed E-state index contributed by atoms with van der Waals surface area (Å²) in [4.78, 5) is 6.97. The van der Waals surface area contributed by atoms with E-state index in [-0.39, 0.29) is 0 Å². The number of hydrogen-bond acceptors (Lipinski definition) is 5. The van der Waals surface area contributed by atoms with Gasteiger partial charge in [-0.05, 0) is 13.0 Å². The van der Waals surface area contributed by atoms with Crippen molar-refractivity contribution >= 4 is 16.5 Å². The predicted octanol–water partition coefficient (Wildman–Crippen LogP) is 1.48. The molecule has 0 spiro atoms. The maximum absolute atomic E-state index is 5.44. The molecule has 2 rings (SSSR count). The van der Waals surface area contributed by atoms with Crippen LogP contribution < -0.4 is 10.2 Å². The first-order valence-corrected chi connectivity index (χ1v) is 6.76. The molecule has 0 unspecified atom stereocenters. The van der Waals surface area contributed by atoms with Crippen LogP contribution in [-0.4, -0.2) is 37.8 Å². The number of rotatable bonds is 4. The third-order valence-corrected chi connectivity index (χ3v) is 3.54. The monoisotopic (exact) mass is 241 g/mol. The molecule has 90 valence electrons. The first kappa shape index (κ1) is 11.8. The van der Waals surface area contributed by atoms with Crippen molar-refractivity contribution in [1.29, 1.82) is 0 Å². The number of thiazole rings is 1. The van der Waals surface area contributed by atoms with E-state index in [0.717, 1.165) is 56.6 Å². The highest BCUT2D eigenvalue weighted by molar-refractivity contribution is 7.13. The quantitative estimate of drug-likeness (QED) is 0.866. The Kier molecular flexibility index (Phi) is 4.56. The number of hydrogen-bond donors (Lipinski definition) is 1. The molecule has 1 aliphatic heterocycles. The van der Waals surface area contributed by atoms with Crippen molar-refractivity contribution in [2.45, 2.75) is 19.9 Å². The van der Waals surface area contributed by atoms with Crippen LogP contribution in [0.15, 0.2) is 5.38 Å². The summed E-state index contributed by atoms with van der Waals surface area (Å²) in [5.74, 6) is 0. The Morgan fingerprint density at radius 2 is 2.44 bits per heavy atom. The molecular weight excluding hydrogens is 222 g/mol. The summed E-state index contributed by atoms with van der Waals surface area (Å²) in [5.41, 5.74) is 1.15. The second-order valence-corrected chi connectivity index (χ2v) is 4.69. The first-order valence-electron chi connectivity index (χ1n) is 5.88. The molecule has 0 atom stereocenters. The molecule has 1 saturated heterocycles. The molecule has 1 aromatic heterocycles. The molecule has 1 N–H and O–H groups in total. The lowest BCUT2D eigenvalue weighted by Crippen LogP contribution is -2.25. The molecule has 0 amide bonds. The number of aromatic nitrogens is 1. The molecule has 0 radical (unpaired) electrons. The molecule has 1 aliphatic rings. The SMILES string of the molecule is CCNCc1csc(N2CCCOCC2)n1. The second-order valence-electron chi connectivity index (χ2n) is 3.85. The summed E-state index contributed by atoms with van der Waals surface area (Å²) in [5, 5.41) is 6.57. The highest BCUT2D eigenvalue weighted by Crippen LogP contribution is 2.21. The van der Waals surface area contributed by atoms with Gasteiger partial charge in [0.05, 0.1) is 12.3 Å². The van der Waals surface area contributed by atoms with E-state index in [0.29, 0.717) is 0 Å². The second kappa shape index (κ2) is 6.18. The predicted molar refractivity (Wildman–Crippen MR) is 67.1 cm³/mol. The van der Waals surface area contributed by atoms with Crippen LogP contribution >= 0.6 is 11.3 Å². The van der Waals surface area contributed by atoms with Crippen molar-refractivity contribution in [3.8, 4) is 0 Å². The summed E-state index contributed by atoms with van der Waals surface area (Å²) < 4.78 is 5.44. The fraction of sp³-hybridized carbons (Fsp3) is 0.727. The summed E-state index contributed by atoms with van der Waals surface area (Å²) >= 11 is 1.74. The Morgan fingerprint density at radius 3 is 3.31 bits per heavy atom. The summed E-state index contributed by atoms with van der Waals surface area (Å²) in [6.07, 6.45) is 1.10. The average molecular weight is 241 g/mol. The van der Waals surface area contributed by atoms with E-state index in [2.05, 4.69) is 27.5 Å². The van der Waals surface area contributed by atoms with Gasteiger partial charge in [-0.25, -0.2) is 4.98 Å². The third-order valence-electron chi connectivity index (χ3n) is 2.59. The molecule has 0 bridgehead atoms. The Bertz CT molecular complexity index is 308. The van der Waals surface area contributed by atoms with Crippen LogP contribution in [0.25, 0.3) is 0 Å². The molecule has 4 nitrogen and oxygen atoms in total. The van der Waals surface area contributed by atoms with E-state index in [1.807, 2.05) is 0 Å². The number of anilines is 1. The molecule has 1 aromatic rings. The number of nitrogens with zero attached hydrogens (tertiary/aromatic N) is 2. The zero-order chi connectivity index (χ0) is 11.2. The fourth-order valence-corrected chi connectivity index (χ4v) is 2.59. The largest absolute Gasteiger partial charge is 0.380 e. The van der Waals surface area contributed by atoms with Gasteiger partial charge in [-0.1, -0.05) is 6.92 Å². The Morgan fingerprint density at radius 1 is 1.50 bits per heavy atom. The van der Waals surface area contributed by atoms with Crippen LogP contribution in [0.5, 0.6) is 0 Å². The zero-order valence-electron chi connectivity index (χ0n) is 9.74. The topological polar surface area (TPSA) is 37.4 Å². The van der Waals surface area contributed by atoms with Crippen molar-refractivity contribution < 1.29 is 4.74 Å². The molecule has 1 fully saturated rings. The van der Waals surface area contributed by atoms with Gasteiger partial charge in [-0.3, -0.25) is 0 Å². The first-order chi connectivity index (χ1) is 7.90. The fourth-order valence-electron chi connectivity index (χ4n) is 1.71. The van der Waals surface area contributed by atoms with Gasteiger partial charge in [0, 0.05) is 31.6 Å². The van der Waals surface area contributed by atoms with Crippen LogP contribution in [-0.2, 0) is 11.3 Å². The molecule has 2 heterocycles. The smallest absolute Gasteiger partial charge is 0.185 e. The lowest BCUT2D eigenvalue weighted by Gasteiger charge is -2.17. The van der Waals surface area contributed by atoms with Crippen LogP contribution in [0.4, 0.5) is 5.13 Å². The average Bonchev–Trinajstić information content (AvgIpc) is 2.60. The highest BCUT2D eigenvalue weighted by Gasteiger charge is 2.13. The van der Waals surface area contributed by atoms with Crippen LogP contribution in [0, 0.1) is 0 Å². The van der Waals surface area contributed by atoms with Crippen molar-refractivity contribution in [1.82, 2.24) is 10.3 Å². The molecule has 0 aliphatic carbocycles. The summed E-state index contributed by atoms with van der Waals surface area (Å²) in [6.45, 7) is 7.71. The zero-order valence-corrected chi connectivity index (χ0v) is 10.6. The Hall–Kier alpha value is -0.650. The van der Waals surface area contributed by atoms with Crippen molar-refractivity contribution in [2.24, 2.45) is 0 Å². The van der Waals surface area contributed by atoms with E-state index in [1.54, 1.807) is 11.3 Å². The normalized spacial score (nSPS) is 17.4. The van der Waals surface area contributed by atoms with Gasteiger partial charge < -0.3 is 15.0 Å². The third kappa shape index (κ3) is 3.17. The van der Waals surface area contributed by atoms with Crippen LogP contribution in [0.1, 0.15) is 19.0 Å². The van der Waals surface area contributed by atoms with Crippen molar-refractivity contribution in [3.63, 3.8) is 0 Å². The minimum Gasteiger partial charge on any atom is -0.380 e. The van der Waals surface area contributed by atoms with Gasteiger partial charge in [-0.2, -0.15) is 0 Å². The van der Waals surface area contributed by atoms with Gasteiger partial charge in [0.25, 0.3) is 0 Å². The summed E-state index contributed by atoms with van der Waals surface area (Å²) in [7, 11) is 0. The molecule has 16 heavy (non-hydrogen) atoms. The molecule has 5 heteroatoms. The lowest BCUT2D eigenvalue weighted by molar-refractivity contribution is 0.152. The number of ether oxygens (including phenoxy) is 1. The Balaban J connectivity index is 1.94. The van der Waals surface area contributed by atoms with Gasteiger partial charge in [-0.15, -0.1) is 11.3 Å². The van der Waals surface area contributed by atoms with Gasteiger partial charge >= 0.3 is 0 Å². The van der Waals surface area contributed by atoms with E-state index in [1.165, 1.54) is 0 Å². The summed E-state index contributed by atoms with van der Waals surface area (Å²) in [6, 6.07) is 0. The molecule has 0 saturated carbocycles. The minimum absolute atomic E-state index is 0.822. The Labute approximate surface area is 101 Å². The van der Waals surface area contributed by atoms with Gasteiger partial charge in [0.15, 0.2) is 5.13 Å². The van der Waals surface area contributed by atoms with Crippen molar-refractivity contribution in [3.05, 3.63) is 11.1 Å². The van der Waals surface area contributed by atoms with E-state index in [9.17, 15) is 0 Å². The van der Waals surface area contributed by atoms with Gasteiger partial charge in [0.1, 0.15) is 0 Å². The van der Waals surface area contributed by atoms with E-state index >= 15 is 0 Å². The van der Waals surface area contributed by atoms with Crippen LogP contribution in [0.3, 0.4) is 0 Å². The van der Waals surface area contributed by atoms with Crippen molar-refractivity contribution in [2.75, 3.05) is 37.7 Å². The molecule has 0 aromatic carbocycles. The minimum atomic E-state index is 0.822. The van der Waals surface area contributed by atoms with Crippen LogP contribution in [0.2, 0.25) is 0 Å². The van der Waals surface area contributed by atoms with E-state index in [4.69, 9.17) is 4.74 Å². The molecular formula is C11H19N3OS. The van der Waals surface area contributed by atoms with Gasteiger partial charge in [0.2, 0.25) is 0 Å². The number of nitrogens with one attached hydrogen (secondary N) is 1. The maximum atomic E-state index is 5.44.